The van der Waals surface area contributed by atoms with Crippen molar-refractivity contribution in [3.63, 3.8) is 0 Å². The maximum absolute atomic E-state index is 12.1. The second-order valence-electron chi connectivity index (χ2n) is 5.13. The molecule has 1 heterocycles. The maximum atomic E-state index is 12.1. The average molecular weight is 255 g/mol. The van der Waals surface area contributed by atoms with E-state index < -0.39 is 5.54 Å². The van der Waals surface area contributed by atoms with Gasteiger partial charge in [0.15, 0.2) is 5.82 Å². The SMILES string of the molecule is CC(C)Cn1ccnc(NC(C)(CO)CO)c1=O. The van der Waals surface area contributed by atoms with Gasteiger partial charge in [-0.2, -0.15) is 0 Å². The van der Waals surface area contributed by atoms with Crippen LogP contribution in [0, 0.1) is 5.92 Å². The van der Waals surface area contributed by atoms with Gasteiger partial charge >= 0.3 is 0 Å². The molecule has 1 rings (SSSR count). The Hall–Kier alpha value is -1.40. The number of anilines is 1. The van der Waals surface area contributed by atoms with Crippen molar-refractivity contribution in [1.82, 2.24) is 9.55 Å². The van der Waals surface area contributed by atoms with Crippen molar-refractivity contribution in [1.29, 1.82) is 0 Å². The number of aliphatic hydroxyl groups is 2. The summed E-state index contributed by atoms with van der Waals surface area (Å²) in [6.07, 6.45) is 3.16. The molecule has 0 saturated carbocycles. The standard InChI is InChI=1S/C12H21N3O3/c1-9(2)6-15-5-4-13-10(11(15)18)14-12(3,7-16)8-17/h4-5,9,16-17H,6-8H2,1-3H3,(H,13,14). The summed E-state index contributed by atoms with van der Waals surface area (Å²) < 4.78 is 1.56. The Morgan fingerprint density at radius 3 is 2.56 bits per heavy atom. The summed E-state index contributed by atoms with van der Waals surface area (Å²) in [5.41, 5.74) is -1.21. The monoisotopic (exact) mass is 255 g/mol. The fourth-order valence-corrected chi connectivity index (χ4v) is 1.49. The van der Waals surface area contributed by atoms with Crippen LogP contribution in [0.4, 0.5) is 5.82 Å². The van der Waals surface area contributed by atoms with E-state index in [0.29, 0.717) is 12.5 Å². The molecule has 3 N–H and O–H groups in total. The van der Waals surface area contributed by atoms with E-state index in [1.54, 1.807) is 17.7 Å². The molecule has 0 aromatic carbocycles. The molecule has 6 nitrogen and oxygen atoms in total. The average Bonchev–Trinajstić information content (AvgIpc) is 2.33. The van der Waals surface area contributed by atoms with Gasteiger partial charge in [0.25, 0.3) is 5.56 Å². The Bertz CT molecular complexity index is 438. The third kappa shape index (κ3) is 3.54. The Balaban J connectivity index is 3.01. The first-order valence-electron chi connectivity index (χ1n) is 5.97. The number of hydrogen-bond acceptors (Lipinski definition) is 5. The molecular formula is C12H21N3O3. The van der Waals surface area contributed by atoms with Gasteiger partial charge in [-0.1, -0.05) is 13.8 Å². The number of aliphatic hydroxyl groups excluding tert-OH is 2. The summed E-state index contributed by atoms with van der Waals surface area (Å²) in [6, 6.07) is 0. The molecule has 18 heavy (non-hydrogen) atoms. The van der Waals surface area contributed by atoms with E-state index in [-0.39, 0.29) is 24.6 Å². The minimum absolute atomic E-state index is 0.142. The molecule has 0 fully saturated rings. The van der Waals surface area contributed by atoms with Crippen molar-refractivity contribution in [2.24, 2.45) is 5.92 Å². The van der Waals surface area contributed by atoms with Crippen LogP contribution in [-0.4, -0.2) is 38.5 Å². The van der Waals surface area contributed by atoms with Gasteiger partial charge in [-0.05, 0) is 12.8 Å². The highest BCUT2D eigenvalue weighted by molar-refractivity contribution is 5.34. The third-order valence-corrected chi connectivity index (χ3v) is 2.59. The molecule has 0 bridgehead atoms. The van der Waals surface area contributed by atoms with Crippen LogP contribution in [0.3, 0.4) is 0 Å². The minimum atomic E-state index is -0.955. The number of nitrogens with zero attached hydrogens (tertiary/aromatic N) is 2. The van der Waals surface area contributed by atoms with E-state index in [0.717, 1.165) is 0 Å². The Labute approximate surface area is 106 Å². The van der Waals surface area contributed by atoms with Crippen LogP contribution in [0.2, 0.25) is 0 Å². The lowest BCUT2D eigenvalue weighted by Gasteiger charge is -2.26. The van der Waals surface area contributed by atoms with E-state index in [1.807, 2.05) is 13.8 Å². The molecule has 0 spiro atoms. The lowest BCUT2D eigenvalue weighted by molar-refractivity contribution is 0.147. The fourth-order valence-electron chi connectivity index (χ4n) is 1.49. The first kappa shape index (κ1) is 14.7. The lowest BCUT2D eigenvalue weighted by atomic mass is 10.1. The van der Waals surface area contributed by atoms with Crippen LogP contribution in [0.25, 0.3) is 0 Å². The van der Waals surface area contributed by atoms with Crippen molar-refractivity contribution in [3.05, 3.63) is 22.7 Å². The van der Waals surface area contributed by atoms with Gasteiger partial charge in [-0.3, -0.25) is 4.79 Å². The summed E-state index contributed by atoms with van der Waals surface area (Å²) in [6.45, 7) is 5.68. The van der Waals surface area contributed by atoms with Crippen LogP contribution < -0.4 is 10.9 Å². The largest absolute Gasteiger partial charge is 0.394 e. The predicted molar refractivity (Wildman–Crippen MR) is 69.5 cm³/mol. The summed E-state index contributed by atoms with van der Waals surface area (Å²) in [5, 5.41) is 21.2. The predicted octanol–water partition coefficient (Wildman–Crippen LogP) is 0.0545. The lowest BCUT2D eigenvalue weighted by Crippen LogP contribution is -2.45. The van der Waals surface area contributed by atoms with E-state index in [4.69, 9.17) is 0 Å². The van der Waals surface area contributed by atoms with Crippen molar-refractivity contribution in [2.75, 3.05) is 18.5 Å². The quantitative estimate of drug-likeness (QED) is 0.669. The van der Waals surface area contributed by atoms with Crippen LogP contribution >= 0.6 is 0 Å². The van der Waals surface area contributed by atoms with Crippen molar-refractivity contribution < 1.29 is 10.2 Å². The van der Waals surface area contributed by atoms with Crippen molar-refractivity contribution in [2.45, 2.75) is 32.9 Å². The number of aromatic nitrogens is 2. The molecule has 102 valence electrons. The Morgan fingerprint density at radius 1 is 1.44 bits per heavy atom. The number of rotatable bonds is 6. The molecule has 0 aliphatic rings. The molecule has 0 unspecified atom stereocenters. The first-order chi connectivity index (χ1) is 8.41. The molecule has 6 heteroatoms. The molecule has 1 aromatic heterocycles. The fraction of sp³-hybridized carbons (Fsp3) is 0.667. The van der Waals surface area contributed by atoms with E-state index >= 15 is 0 Å². The molecule has 0 amide bonds. The van der Waals surface area contributed by atoms with Gasteiger partial charge in [0.2, 0.25) is 0 Å². The zero-order valence-corrected chi connectivity index (χ0v) is 11.1. The van der Waals surface area contributed by atoms with E-state index in [1.165, 1.54) is 6.20 Å². The smallest absolute Gasteiger partial charge is 0.293 e. The highest BCUT2D eigenvalue weighted by Gasteiger charge is 2.24. The molecule has 0 saturated heterocycles. The molecule has 0 aliphatic heterocycles. The molecule has 0 aliphatic carbocycles. The second kappa shape index (κ2) is 5.97. The normalized spacial score (nSPS) is 11.9. The highest BCUT2D eigenvalue weighted by atomic mass is 16.3. The van der Waals surface area contributed by atoms with Crippen LogP contribution in [0.15, 0.2) is 17.2 Å². The first-order valence-corrected chi connectivity index (χ1v) is 5.97. The molecule has 1 aromatic rings. The van der Waals surface area contributed by atoms with E-state index in [2.05, 4.69) is 10.3 Å². The minimum Gasteiger partial charge on any atom is -0.394 e. The van der Waals surface area contributed by atoms with Gasteiger partial charge in [-0.25, -0.2) is 4.98 Å². The summed E-state index contributed by atoms with van der Waals surface area (Å²) in [4.78, 5) is 16.0. The number of hydrogen-bond donors (Lipinski definition) is 3. The topological polar surface area (TPSA) is 87.4 Å². The maximum Gasteiger partial charge on any atom is 0.293 e. The van der Waals surface area contributed by atoms with Gasteiger partial charge < -0.3 is 20.1 Å². The highest BCUT2D eigenvalue weighted by Crippen LogP contribution is 2.08. The number of nitrogens with one attached hydrogen (secondary N) is 1. The second-order valence-corrected chi connectivity index (χ2v) is 5.13. The van der Waals surface area contributed by atoms with Crippen LogP contribution in [-0.2, 0) is 6.54 Å². The van der Waals surface area contributed by atoms with Gasteiger partial charge in [-0.15, -0.1) is 0 Å². The molecule has 0 atom stereocenters. The Morgan fingerprint density at radius 2 is 2.06 bits per heavy atom. The molecule has 0 radical (unpaired) electrons. The van der Waals surface area contributed by atoms with Crippen LogP contribution in [0.1, 0.15) is 20.8 Å². The summed E-state index contributed by atoms with van der Waals surface area (Å²) in [7, 11) is 0. The third-order valence-electron chi connectivity index (χ3n) is 2.59. The Kier molecular flexibility index (Phi) is 4.86. The van der Waals surface area contributed by atoms with Crippen molar-refractivity contribution >= 4 is 5.82 Å². The van der Waals surface area contributed by atoms with E-state index in [9.17, 15) is 15.0 Å². The van der Waals surface area contributed by atoms with Gasteiger partial charge in [0.05, 0.1) is 18.8 Å². The zero-order valence-electron chi connectivity index (χ0n) is 11.1. The van der Waals surface area contributed by atoms with Gasteiger partial charge in [0.1, 0.15) is 0 Å². The summed E-state index contributed by atoms with van der Waals surface area (Å²) >= 11 is 0. The summed E-state index contributed by atoms with van der Waals surface area (Å²) in [5.74, 6) is 0.490. The zero-order chi connectivity index (χ0) is 13.8. The molecular weight excluding hydrogens is 234 g/mol. The van der Waals surface area contributed by atoms with Crippen molar-refractivity contribution in [3.8, 4) is 0 Å². The van der Waals surface area contributed by atoms with Gasteiger partial charge in [0, 0.05) is 18.9 Å². The van der Waals surface area contributed by atoms with Crippen LogP contribution in [0.5, 0.6) is 0 Å².